The second kappa shape index (κ2) is 4.01. The van der Waals surface area contributed by atoms with E-state index in [2.05, 4.69) is 15.5 Å². The molecule has 1 aromatic carbocycles. The maximum absolute atomic E-state index is 13.8. The van der Waals surface area contributed by atoms with Gasteiger partial charge in [-0.3, -0.25) is 0 Å². The van der Waals surface area contributed by atoms with E-state index in [1.807, 2.05) is 20.8 Å². The number of tetrazole rings is 1. The van der Waals surface area contributed by atoms with Crippen LogP contribution in [0.2, 0.25) is 0 Å². The lowest BCUT2D eigenvalue weighted by Gasteiger charge is -2.20. The summed E-state index contributed by atoms with van der Waals surface area (Å²) in [6.07, 6.45) is 0. The van der Waals surface area contributed by atoms with Crippen LogP contribution in [0, 0.1) is 11.6 Å². The minimum atomic E-state index is -0.800. The lowest BCUT2D eigenvalue weighted by atomic mass is 10.1. The van der Waals surface area contributed by atoms with E-state index in [4.69, 9.17) is 5.73 Å². The molecule has 0 saturated heterocycles. The molecule has 5 nitrogen and oxygen atoms in total. The van der Waals surface area contributed by atoms with Crippen LogP contribution >= 0.6 is 0 Å². The topological polar surface area (TPSA) is 69.6 Å². The first kappa shape index (κ1) is 12.4. The van der Waals surface area contributed by atoms with E-state index in [1.165, 1.54) is 10.7 Å². The summed E-state index contributed by atoms with van der Waals surface area (Å²) in [6, 6.07) is 1.92. The van der Waals surface area contributed by atoms with Crippen LogP contribution in [0.4, 0.5) is 14.5 Å². The van der Waals surface area contributed by atoms with Crippen LogP contribution in [0.3, 0.4) is 0 Å². The summed E-state index contributed by atoms with van der Waals surface area (Å²) in [4.78, 5) is 0. The van der Waals surface area contributed by atoms with Gasteiger partial charge in [0, 0.05) is 6.07 Å². The van der Waals surface area contributed by atoms with Crippen LogP contribution in [0.5, 0.6) is 0 Å². The zero-order chi connectivity index (χ0) is 13.5. The lowest BCUT2D eigenvalue weighted by Crippen LogP contribution is -2.24. The zero-order valence-electron chi connectivity index (χ0n) is 10.3. The number of rotatable bonds is 1. The summed E-state index contributed by atoms with van der Waals surface area (Å²) in [6.45, 7) is 5.62. The lowest BCUT2D eigenvalue weighted by molar-refractivity contribution is 0.350. The Labute approximate surface area is 103 Å². The van der Waals surface area contributed by atoms with Gasteiger partial charge in [0.05, 0.1) is 16.8 Å². The molecule has 0 bridgehead atoms. The highest BCUT2D eigenvalue weighted by molar-refractivity contribution is 5.62. The van der Waals surface area contributed by atoms with Crippen molar-refractivity contribution < 1.29 is 8.78 Å². The fourth-order valence-corrected chi connectivity index (χ4v) is 1.54. The Morgan fingerprint density at radius 2 is 1.83 bits per heavy atom. The molecule has 0 amide bonds. The Balaban J connectivity index is 2.64. The summed E-state index contributed by atoms with van der Waals surface area (Å²) >= 11 is 0. The van der Waals surface area contributed by atoms with Gasteiger partial charge in [0.1, 0.15) is 11.6 Å². The average molecular weight is 253 g/mol. The first-order chi connectivity index (χ1) is 8.30. The van der Waals surface area contributed by atoms with Gasteiger partial charge in [-0.25, -0.2) is 13.5 Å². The molecule has 0 aliphatic carbocycles. The predicted octanol–water partition coefficient (Wildman–Crippen LogP) is 1.96. The molecular formula is C11H13F2N5. The Morgan fingerprint density at radius 3 is 2.44 bits per heavy atom. The molecule has 2 rings (SSSR count). The Bertz CT molecular complexity index is 586. The number of aromatic nitrogens is 4. The molecule has 18 heavy (non-hydrogen) atoms. The van der Waals surface area contributed by atoms with Crippen molar-refractivity contribution in [1.82, 2.24) is 20.2 Å². The van der Waals surface area contributed by atoms with E-state index in [1.54, 1.807) is 0 Å². The SMILES string of the molecule is CC(C)(C)n1nnnc1-c1cc(N)c(F)cc1F. The minimum Gasteiger partial charge on any atom is -0.396 e. The monoisotopic (exact) mass is 253 g/mol. The Morgan fingerprint density at radius 1 is 1.17 bits per heavy atom. The molecule has 96 valence electrons. The maximum atomic E-state index is 13.8. The Hall–Kier alpha value is -2.05. The van der Waals surface area contributed by atoms with Crippen molar-refractivity contribution in [3.8, 4) is 11.4 Å². The van der Waals surface area contributed by atoms with Gasteiger partial charge in [-0.15, -0.1) is 5.10 Å². The number of nitrogen functional groups attached to an aromatic ring is 1. The number of hydrogen-bond donors (Lipinski definition) is 1. The van der Waals surface area contributed by atoms with Crippen LogP contribution in [-0.2, 0) is 5.54 Å². The average Bonchev–Trinajstić information content (AvgIpc) is 2.71. The number of benzene rings is 1. The van der Waals surface area contributed by atoms with E-state index < -0.39 is 17.2 Å². The third-order valence-electron chi connectivity index (χ3n) is 2.43. The first-order valence-electron chi connectivity index (χ1n) is 5.34. The van der Waals surface area contributed by atoms with Crippen LogP contribution in [0.1, 0.15) is 20.8 Å². The quantitative estimate of drug-likeness (QED) is 0.789. The molecule has 0 fully saturated rings. The van der Waals surface area contributed by atoms with Gasteiger partial charge in [-0.05, 0) is 37.3 Å². The molecule has 0 aliphatic heterocycles. The van der Waals surface area contributed by atoms with Gasteiger partial charge in [-0.1, -0.05) is 0 Å². The van der Waals surface area contributed by atoms with E-state index in [0.29, 0.717) is 0 Å². The number of nitrogens with zero attached hydrogens (tertiary/aromatic N) is 4. The number of halogens is 2. The molecule has 0 radical (unpaired) electrons. The normalized spacial score (nSPS) is 11.8. The third-order valence-corrected chi connectivity index (χ3v) is 2.43. The molecule has 2 N–H and O–H groups in total. The van der Waals surface area contributed by atoms with E-state index in [-0.39, 0.29) is 17.1 Å². The van der Waals surface area contributed by atoms with Crippen molar-refractivity contribution in [1.29, 1.82) is 0 Å². The first-order valence-corrected chi connectivity index (χ1v) is 5.34. The highest BCUT2D eigenvalue weighted by Crippen LogP contribution is 2.27. The van der Waals surface area contributed by atoms with E-state index in [9.17, 15) is 8.78 Å². The van der Waals surface area contributed by atoms with Gasteiger partial charge in [0.2, 0.25) is 0 Å². The Kier molecular flexibility index (Phi) is 2.76. The fourth-order valence-electron chi connectivity index (χ4n) is 1.54. The molecule has 0 spiro atoms. The van der Waals surface area contributed by atoms with Gasteiger partial charge < -0.3 is 5.73 Å². The van der Waals surface area contributed by atoms with Gasteiger partial charge in [0.15, 0.2) is 5.82 Å². The smallest absolute Gasteiger partial charge is 0.185 e. The van der Waals surface area contributed by atoms with E-state index in [0.717, 1.165) is 6.07 Å². The van der Waals surface area contributed by atoms with Crippen LogP contribution < -0.4 is 5.73 Å². The third kappa shape index (κ3) is 2.03. The van der Waals surface area contributed by atoms with Crippen LogP contribution in [-0.4, -0.2) is 20.2 Å². The highest BCUT2D eigenvalue weighted by atomic mass is 19.1. The molecular weight excluding hydrogens is 240 g/mol. The molecule has 7 heteroatoms. The highest BCUT2D eigenvalue weighted by Gasteiger charge is 2.23. The summed E-state index contributed by atoms with van der Waals surface area (Å²) in [5.74, 6) is -1.33. The van der Waals surface area contributed by atoms with Gasteiger partial charge in [0.25, 0.3) is 0 Å². The standard InChI is InChI=1S/C11H13F2N5/c1-11(2,3)18-10(15-16-17-18)6-4-9(14)8(13)5-7(6)12/h4-5H,14H2,1-3H3. The molecule has 0 unspecified atom stereocenters. The molecule has 0 atom stereocenters. The van der Waals surface area contributed by atoms with Crippen LogP contribution in [0.15, 0.2) is 12.1 Å². The van der Waals surface area contributed by atoms with Crippen molar-refractivity contribution >= 4 is 5.69 Å². The number of nitrogens with two attached hydrogens (primary N) is 1. The van der Waals surface area contributed by atoms with Gasteiger partial charge in [-0.2, -0.15) is 0 Å². The molecule has 2 aromatic rings. The predicted molar refractivity (Wildman–Crippen MR) is 62.6 cm³/mol. The summed E-state index contributed by atoms with van der Waals surface area (Å²) < 4.78 is 28.3. The zero-order valence-corrected chi connectivity index (χ0v) is 10.3. The summed E-state index contributed by atoms with van der Waals surface area (Å²) in [7, 11) is 0. The molecule has 0 aliphatic rings. The van der Waals surface area contributed by atoms with Crippen molar-refractivity contribution in [2.24, 2.45) is 0 Å². The second-order valence-corrected chi connectivity index (χ2v) is 4.94. The fraction of sp³-hybridized carbons (Fsp3) is 0.364. The molecule has 1 heterocycles. The van der Waals surface area contributed by atoms with Crippen LogP contribution in [0.25, 0.3) is 11.4 Å². The number of anilines is 1. The van der Waals surface area contributed by atoms with Crippen molar-refractivity contribution in [2.45, 2.75) is 26.3 Å². The maximum Gasteiger partial charge on any atom is 0.185 e. The minimum absolute atomic E-state index is 0.0776. The van der Waals surface area contributed by atoms with Crippen molar-refractivity contribution in [2.75, 3.05) is 5.73 Å². The van der Waals surface area contributed by atoms with E-state index >= 15 is 0 Å². The molecule has 1 aromatic heterocycles. The van der Waals surface area contributed by atoms with Crippen molar-refractivity contribution in [3.63, 3.8) is 0 Å². The van der Waals surface area contributed by atoms with Gasteiger partial charge >= 0.3 is 0 Å². The summed E-state index contributed by atoms with van der Waals surface area (Å²) in [5.41, 5.74) is 4.95. The van der Waals surface area contributed by atoms with Crippen molar-refractivity contribution in [3.05, 3.63) is 23.8 Å². The second-order valence-electron chi connectivity index (χ2n) is 4.94. The largest absolute Gasteiger partial charge is 0.396 e. The number of hydrogen-bond acceptors (Lipinski definition) is 4. The molecule has 0 saturated carbocycles. The summed E-state index contributed by atoms with van der Waals surface area (Å²) in [5, 5.41) is 11.1.